The molecule has 0 atom stereocenters. The van der Waals surface area contributed by atoms with Crippen LogP contribution in [-0.2, 0) is 0 Å². The third-order valence-electron chi connectivity index (χ3n) is 4.13. The molecule has 3 rings (SSSR count). The molecule has 134 valence electrons. The number of rotatable bonds is 4. The quantitative estimate of drug-likeness (QED) is 0.748. The number of phenolic OH excluding ortho intramolecular Hbond substituents is 1. The average Bonchev–Trinajstić information content (AvgIpc) is 2.61. The Bertz CT molecular complexity index is 1070. The molecule has 2 aromatic carbocycles. The van der Waals surface area contributed by atoms with Crippen molar-refractivity contribution >= 4 is 22.6 Å². The maximum absolute atomic E-state index is 12.5. The molecule has 26 heavy (non-hydrogen) atoms. The predicted octanol–water partition coefficient (Wildman–Crippen LogP) is 2.47. The van der Waals surface area contributed by atoms with Gasteiger partial charge in [-0.25, -0.2) is 4.79 Å². The van der Waals surface area contributed by atoms with E-state index in [-0.39, 0.29) is 16.7 Å². The standard InChI is InChI=1S/C19H18N2O5/c1-20(2)11-6-12(8-14(7-11)26-3)21-10-16(19(24)25)18(23)15-5-4-13(22)9-17(15)21/h4-10,22H,1-3H3,(H,24,25). The number of aromatic carboxylic acids is 1. The fourth-order valence-electron chi connectivity index (χ4n) is 2.76. The second-order valence-corrected chi connectivity index (χ2v) is 6.03. The number of carbonyl (C=O) groups is 1. The summed E-state index contributed by atoms with van der Waals surface area (Å²) in [4.78, 5) is 25.9. The summed E-state index contributed by atoms with van der Waals surface area (Å²) in [5.41, 5.74) is 0.893. The lowest BCUT2D eigenvalue weighted by molar-refractivity contribution is 0.0695. The van der Waals surface area contributed by atoms with E-state index in [0.717, 1.165) is 5.69 Å². The molecule has 0 radical (unpaired) electrons. The van der Waals surface area contributed by atoms with Gasteiger partial charge in [0.15, 0.2) is 0 Å². The third-order valence-corrected chi connectivity index (χ3v) is 4.13. The van der Waals surface area contributed by atoms with Crippen LogP contribution in [0.25, 0.3) is 16.6 Å². The first-order valence-corrected chi connectivity index (χ1v) is 7.80. The lowest BCUT2D eigenvalue weighted by Gasteiger charge is -2.18. The van der Waals surface area contributed by atoms with Gasteiger partial charge in [0.2, 0.25) is 5.43 Å². The normalized spacial score (nSPS) is 10.7. The first-order valence-electron chi connectivity index (χ1n) is 7.80. The van der Waals surface area contributed by atoms with Crippen molar-refractivity contribution < 1.29 is 19.7 Å². The van der Waals surface area contributed by atoms with Gasteiger partial charge >= 0.3 is 5.97 Å². The van der Waals surface area contributed by atoms with E-state index >= 15 is 0 Å². The number of anilines is 1. The van der Waals surface area contributed by atoms with Gasteiger partial charge in [0.1, 0.15) is 17.1 Å². The molecule has 0 saturated heterocycles. The van der Waals surface area contributed by atoms with Gasteiger partial charge in [0, 0.05) is 49.6 Å². The lowest BCUT2D eigenvalue weighted by atomic mass is 10.1. The minimum Gasteiger partial charge on any atom is -0.508 e. The molecule has 0 amide bonds. The highest BCUT2D eigenvalue weighted by atomic mass is 16.5. The molecule has 0 aliphatic heterocycles. The molecule has 0 saturated carbocycles. The van der Waals surface area contributed by atoms with Gasteiger partial charge < -0.3 is 24.4 Å². The molecule has 0 bridgehead atoms. The van der Waals surface area contributed by atoms with Crippen LogP contribution in [0.4, 0.5) is 5.69 Å². The summed E-state index contributed by atoms with van der Waals surface area (Å²) < 4.78 is 6.90. The largest absolute Gasteiger partial charge is 0.508 e. The molecular formula is C19H18N2O5. The zero-order chi connectivity index (χ0) is 19.0. The number of ether oxygens (including phenoxy) is 1. The van der Waals surface area contributed by atoms with Gasteiger partial charge in [0.25, 0.3) is 0 Å². The minimum absolute atomic E-state index is 0.0237. The molecule has 0 fully saturated rings. The number of fused-ring (bicyclic) bond motifs is 1. The second-order valence-electron chi connectivity index (χ2n) is 6.03. The monoisotopic (exact) mass is 354 g/mol. The number of carboxylic acid groups (broad SMARTS) is 1. The number of methoxy groups -OCH3 is 1. The van der Waals surface area contributed by atoms with Gasteiger partial charge in [-0.15, -0.1) is 0 Å². The Kier molecular flexibility index (Phi) is 4.29. The van der Waals surface area contributed by atoms with Crippen LogP contribution < -0.4 is 15.1 Å². The van der Waals surface area contributed by atoms with Gasteiger partial charge in [-0.05, 0) is 18.2 Å². The van der Waals surface area contributed by atoms with Crippen molar-refractivity contribution in [2.45, 2.75) is 0 Å². The van der Waals surface area contributed by atoms with E-state index in [1.165, 1.54) is 31.5 Å². The van der Waals surface area contributed by atoms with Crippen LogP contribution >= 0.6 is 0 Å². The Labute approximate surface area is 149 Å². The van der Waals surface area contributed by atoms with Crippen molar-refractivity contribution in [2.24, 2.45) is 0 Å². The molecule has 0 spiro atoms. The van der Waals surface area contributed by atoms with E-state index in [9.17, 15) is 19.8 Å². The van der Waals surface area contributed by atoms with Crippen LogP contribution in [0, 0.1) is 0 Å². The van der Waals surface area contributed by atoms with Crippen LogP contribution in [0.15, 0.2) is 47.4 Å². The zero-order valence-electron chi connectivity index (χ0n) is 14.6. The van der Waals surface area contributed by atoms with Crippen LogP contribution in [0.2, 0.25) is 0 Å². The molecule has 3 aromatic rings. The van der Waals surface area contributed by atoms with Crippen molar-refractivity contribution in [3.8, 4) is 17.2 Å². The van der Waals surface area contributed by atoms with Crippen LogP contribution in [0.1, 0.15) is 10.4 Å². The first kappa shape index (κ1) is 17.3. The highest BCUT2D eigenvalue weighted by Gasteiger charge is 2.16. The summed E-state index contributed by atoms with van der Waals surface area (Å²) in [7, 11) is 5.28. The van der Waals surface area contributed by atoms with Crippen molar-refractivity contribution in [2.75, 3.05) is 26.1 Å². The van der Waals surface area contributed by atoms with Gasteiger partial charge in [-0.2, -0.15) is 0 Å². The lowest BCUT2D eigenvalue weighted by Crippen LogP contribution is -2.18. The molecular weight excluding hydrogens is 336 g/mol. The highest BCUT2D eigenvalue weighted by Crippen LogP contribution is 2.28. The number of hydrogen-bond donors (Lipinski definition) is 2. The smallest absolute Gasteiger partial charge is 0.341 e. The summed E-state index contributed by atoms with van der Waals surface area (Å²) in [6.45, 7) is 0. The average molecular weight is 354 g/mol. The number of hydrogen-bond acceptors (Lipinski definition) is 5. The fourth-order valence-corrected chi connectivity index (χ4v) is 2.76. The van der Waals surface area contributed by atoms with Crippen molar-refractivity contribution in [3.05, 3.63) is 58.4 Å². The molecule has 0 aliphatic carbocycles. The predicted molar refractivity (Wildman–Crippen MR) is 99.0 cm³/mol. The summed E-state index contributed by atoms with van der Waals surface area (Å²) in [6, 6.07) is 9.61. The topological polar surface area (TPSA) is 92.0 Å². The molecule has 0 unspecified atom stereocenters. The molecule has 1 heterocycles. The zero-order valence-corrected chi connectivity index (χ0v) is 14.6. The number of aromatic nitrogens is 1. The number of carboxylic acids is 1. The third kappa shape index (κ3) is 2.95. The Morgan fingerprint density at radius 3 is 2.50 bits per heavy atom. The number of aromatic hydroxyl groups is 1. The van der Waals surface area contributed by atoms with E-state index in [0.29, 0.717) is 17.0 Å². The second kappa shape index (κ2) is 6.44. The number of pyridine rings is 1. The van der Waals surface area contributed by atoms with E-state index < -0.39 is 11.4 Å². The summed E-state index contributed by atoms with van der Waals surface area (Å²) in [5, 5.41) is 19.5. The Morgan fingerprint density at radius 2 is 1.88 bits per heavy atom. The maximum atomic E-state index is 12.5. The first-order chi connectivity index (χ1) is 12.3. The summed E-state index contributed by atoms with van der Waals surface area (Å²) in [5.74, 6) is -0.756. The van der Waals surface area contributed by atoms with Crippen molar-refractivity contribution in [3.63, 3.8) is 0 Å². The van der Waals surface area contributed by atoms with Crippen molar-refractivity contribution in [1.29, 1.82) is 0 Å². The van der Waals surface area contributed by atoms with Gasteiger partial charge in [0.05, 0.1) is 18.3 Å². The SMILES string of the molecule is COc1cc(N(C)C)cc(-n2cc(C(=O)O)c(=O)c3ccc(O)cc32)c1. The summed E-state index contributed by atoms with van der Waals surface area (Å²) in [6.07, 6.45) is 1.26. The van der Waals surface area contributed by atoms with E-state index in [1.807, 2.05) is 31.1 Å². The van der Waals surface area contributed by atoms with E-state index in [4.69, 9.17) is 4.74 Å². The Balaban J connectivity index is 2.43. The molecule has 7 heteroatoms. The Hall–Kier alpha value is -3.48. The molecule has 7 nitrogen and oxygen atoms in total. The number of nitrogens with zero attached hydrogens (tertiary/aromatic N) is 2. The maximum Gasteiger partial charge on any atom is 0.341 e. The van der Waals surface area contributed by atoms with Crippen LogP contribution in [-0.4, -0.2) is 42.0 Å². The van der Waals surface area contributed by atoms with E-state index in [2.05, 4.69) is 0 Å². The Morgan fingerprint density at radius 1 is 1.15 bits per heavy atom. The molecule has 0 aliphatic rings. The van der Waals surface area contributed by atoms with Crippen LogP contribution in [0.5, 0.6) is 11.5 Å². The minimum atomic E-state index is -1.31. The molecule has 2 N–H and O–H groups in total. The van der Waals surface area contributed by atoms with Crippen LogP contribution in [0.3, 0.4) is 0 Å². The molecule has 1 aromatic heterocycles. The van der Waals surface area contributed by atoms with Gasteiger partial charge in [-0.3, -0.25) is 4.79 Å². The highest BCUT2D eigenvalue weighted by molar-refractivity contribution is 5.93. The van der Waals surface area contributed by atoms with E-state index in [1.54, 1.807) is 10.6 Å². The summed E-state index contributed by atoms with van der Waals surface area (Å²) >= 11 is 0. The number of benzene rings is 2. The van der Waals surface area contributed by atoms with Gasteiger partial charge in [-0.1, -0.05) is 0 Å². The number of phenols is 1. The fraction of sp³-hybridized carbons (Fsp3) is 0.158. The van der Waals surface area contributed by atoms with Crippen molar-refractivity contribution in [1.82, 2.24) is 4.57 Å².